The summed E-state index contributed by atoms with van der Waals surface area (Å²) in [6, 6.07) is 15.8. The third kappa shape index (κ3) is 4.22. The maximum atomic E-state index is 13.4. The average Bonchev–Trinajstić information content (AvgIpc) is 3.57. The molecule has 1 aliphatic carbocycles. The number of rotatable bonds is 5. The zero-order chi connectivity index (χ0) is 25.6. The summed E-state index contributed by atoms with van der Waals surface area (Å²) in [5.41, 5.74) is 8.59. The highest BCUT2D eigenvalue weighted by Crippen LogP contribution is 2.41. The van der Waals surface area contributed by atoms with Gasteiger partial charge in [-0.3, -0.25) is 9.36 Å². The molecule has 8 nitrogen and oxygen atoms in total. The number of nitrogens with two attached hydrogens (primary N) is 1. The van der Waals surface area contributed by atoms with Gasteiger partial charge in [0, 0.05) is 47.7 Å². The molecule has 190 valence electrons. The molecule has 2 aliphatic rings. The molecule has 0 unspecified atom stereocenters. The van der Waals surface area contributed by atoms with Crippen LogP contribution in [0.4, 0.5) is 4.39 Å². The van der Waals surface area contributed by atoms with E-state index >= 15 is 0 Å². The molecular weight excluding hydrogens is 495 g/mol. The minimum Gasteiger partial charge on any atom is -0.352 e. The Labute approximate surface area is 218 Å². The lowest BCUT2D eigenvalue weighted by atomic mass is 9.68. The monoisotopic (exact) mass is 520 g/mol. The van der Waals surface area contributed by atoms with E-state index in [1.54, 1.807) is 22.8 Å². The number of carbonyl (C=O) groups is 1. The van der Waals surface area contributed by atoms with Crippen LogP contribution in [0.15, 0.2) is 59.1 Å². The van der Waals surface area contributed by atoms with Crippen molar-refractivity contribution < 1.29 is 13.7 Å². The predicted molar refractivity (Wildman–Crippen MR) is 136 cm³/mol. The fourth-order valence-corrected chi connectivity index (χ4v) is 5.86. The first kappa shape index (κ1) is 23.8. The lowest BCUT2D eigenvalue weighted by Gasteiger charge is -2.44. The van der Waals surface area contributed by atoms with Crippen LogP contribution in [0.3, 0.4) is 0 Å². The number of carbonyl (C=O) groups excluding carboxylic acids is 1. The lowest BCUT2D eigenvalue weighted by molar-refractivity contribution is 0.0523. The number of amides is 1. The predicted octanol–water partition coefficient (Wildman–Crippen LogP) is 4.69. The Hall–Kier alpha value is -3.56. The summed E-state index contributed by atoms with van der Waals surface area (Å²) in [7, 11) is 0. The quantitative estimate of drug-likeness (QED) is 0.409. The second-order valence-electron chi connectivity index (χ2n) is 9.81. The van der Waals surface area contributed by atoms with Gasteiger partial charge >= 0.3 is 0 Å². The standard InChI is InChI=1S/C27H26ClFN6O2/c28-19-3-1-2-18(14-19)27(16-30)10-8-21(9-11-27)34-12-13-35-24(31-32-25(35)26(34)36)23-15-22(33-37-23)17-4-6-20(29)7-5-17/h1-7,14-15,21H,8-13,16,30H2. The molecule has 0 radical (unpaired) electrons. The van der Waals surface area contributed by atoms with Crippen molar-refractivity contribution in [2.45, 2.75) is 43.7 Å². The van der Waals surface area contributed by atoms with Crippen molar-refractivity contribution in [1.29, 1.82) is 0 Å². The number of hydrogen-bond acceptors (Lipinski definition) is 6. The SMILES string of the molecule is NCC1(c2cccc(Cl)c2)CCC(N2CCn3c(nnc3-c3cc(-c4ccc(F)cc4)no3)C2=O)CC1. The van der Waals surface area contributed by atoms with E-state index in [1.807, 2.05) is 23.1 Å². The van der Waals surface area contributed by atoms with E-state index < -0.39 is 0 Å². The molecule has 0 atom stereocenters. The minimum absolute atomic E-state index is 0.121. The summed E-state index contributed by atoms with van der Waals surface area (Å²) >= 11 is 6.25. The first-order chi connectivity index (χ1) is 18.0. The molecule has 3 heterocycles. The third-order valence-electron chi connectivity index (χ3n) is 7.82. The molecule has 2 aromatic heterocycles. The normalized spacial score (nSPS) is 21.8. The number of benzene rings is 2. The van der Waals surface area contributed by atoms with Crippen molar-refractivity contribution in [2.24, 2.45) is 5.73 Å². The molecule has 0 bridgehead atoms. The highest BCUT2D eigenvalue weighted by Gasteiger charge is 2.41. The first-order valence-corrected chi connectivity index (χ1v) is 12.8. The van der Waals surface area contributed by atoms with Gasteiger partial charge in [0.05, 0.1) is 0 Å². The maximum absolute atomic E-state index is 13.4. The van der Waals surface area contributed by atoms with Gasteiger partial charge in [0.2, 0.25) is 17.4 Å². The van der Waals surface area contributed by atoms with Gasteiger partial charge in [-0.25, -0.2) is 4.39 Å². The van der Waals surface area contributed by atoms with Crippen molar-refractivity contribution >= 4 is 17.5 Å². The van der Waals surface area contributed by atoms with Crippen molar-refractivity contribution in [2.75, 3.05) is 13.1 Å². The molecule has 10 heteroatoms. The summed E-state index contributed by atoms with van der Waals surface area (Å²) in [5.74, 6) is 0.711. The fourth-order valence-electron chi connectivity index (χ4n) is 5.67. The van der Waals surface area contributed by atoms with Crippen LogP contribution in [0.2, 0.25) is 5.02 Å². The molecular formula is C27H26ClFN6O2. The van der Waals surface area contributed by atoms with Crippen LogP contribution in [0, 0.1) is 5.82 Å². The molecule has 1 amide bonds. The van der Waals surface area contributed by atoms with Crippen molar-refractivity contribution in [3.8, 4) is 22.8 Å². The number of hydrogen-bond donors (Lipinski definition) is 1. The van der Waals surface area contributed by atoms with Gasteiger partial charge in [-0.05, 0) is 67.6 Å². The molecule has 6 rings (SSSR count). The van der Waals surface area contributed by atoms with E-state index in [0.717, 1.165) is 31.2 Å². The van der Waals surface area contributed by atoms with Crippen LogP contribution in [0.25, 0.3) is 22.8 Å². The van der Waals surface area contributed by atoms with Gasteiger partial charge in [0.25, 0.3) is 5.91 Å². The van der Waals surface area contributed by atoms with Crippen LogP contribution in [-0.2, 0) is 12.0 Å². The zero-order valence-corrected chi connectivity index (χ0v) is 20.9. The largest absolute Gasteiger partial charge is 0.352 e. The number of nitrogens with zero attached hydrogens (tertiary/aromatic N) is 5. The molecule has 0 spiro atoms. The van der Waals surface area contributed by atoms with Crippen LogP contribution < -0.4 is 5.73 Å². The third-order valence-corrected chi connectivity index (χ3v) is 8.05. The topological polar surface area (TPSA) is 103 Å². The Morgan fingerprint density at radius 2 is 1.81 bits per heavy atom. The van der Waals surface area contributed by atoms with Gasteiger partial charge in [0.15, 0.2) is 0 Å². The number of aromatic nitrogens is 4. The highest BCUT2D eigenvalue weighted by molar-refractivity contribution is 6.30. The van der Waals surface area contributed by atoms with Crippen molar-refractivity contribution in [1.82, 2.24) is 24.8 Å². The van der Waals surface area contributed by atoms with Crippen LogP contribution in [-0.4, -0.2) is 49.9 Å². The molecule has 1 aliphatic heterocycles. The molecule has 2 N–H and O–H groups in total. The second kappa shape index (κ2) is 9.39. The number of halogens is 2. The summed E-state index contributed by atoms with van der Waals surface area (Å²) < 4.78 is 20.6. The molecule has 2 aromatic carbocycles. The molecule has 1 fully saturated rings. The minimum atomic E-state index is -0.321. The molecule has 1 saturated carbocycles. The summed E-state index contributed by atoms with van der Waals surface area (Å²) in [6.07, 6.45) is 3.50. The van der Waals surface area contributed by atoms with E-state index in [9.17, 15) is 9.18 Å². The highest BCUT2D eigenvalue weighted by atomic mass is 35.5. The smallest absolute Gasteiger partial charge is 0.292 e. The van der Waals surface area contributed by atoms with E-state index in [-0.39, 0.29) is 23.2 Å². The zero-order valence-electron chi connectivity index (χ0n) is 20.1. The van der Waals surface area contributed by atoms with Crippen LogP contribution >= 0.6 is 11.6 Å². The second-order valence-corrected chi connectivity index (χ2v) is 10.2. The summed E-state index contributed by atoms with van der Waals surface area (Å²) in [5, 5.41) is 13.3. The number of fused-ring (bicyclic) bond motifs is 1. The van der Waals surface area contributed by atoms with Gasteiger partial charge in [0.1, 0.15) is 11.5 Å². The van der Waals surface area contributed by atoms with Gasteiger partial charge < -0.3 is 15.2 Å². The Bertz CT molecular complexity index is 1440. The Balaban J connectivity index is 1.18. The summed E-state index contributed by atoms with van der Waals surface area (Å²) in [4.78, 5) is 15.4. The Kier molecular flexibility index (Phi) is 6.04. The van der Waals surface area contributed by atoms with E-state index in [4.69, 9.17) is 21.9 Å². The van der Waals surface area contributed by atoms with Gasteiger partial charge in [-0.15, -0.1) is 10.2 Å². The average molecular weight is 521 g/mol. The van der Waals surface area contributed by atoms with Crippen molar-refractivity contribution in [3.05, 3.63) is 76.8 Å². The summed E-state index contributed by atoms with van der Waals surface area (Å²) in [6.45, 7) is 1.67. The lowest BCUT2D eigenvalue weighted by Crippen LogP contribution is -2.50. The van der Waals surface area contributed by atoms with Gasteiger partial charge in [-0.1, -0.05) is 28.9 Å². The molecule has 0 saturated heterocycles. The Morgan fingerprint density at radius 3 is 2.54 bits per heavy atom. The molecule has 4 aromatic rings. The van der Waals surface area contributed by atoms with E-state index in [2.05, 4.69) is 21.4 Å². The first-order valence-electron chi connectivity index (χ1n) is 12.4. The maximum Gasteiger partial charge on any atom is 0.292 e. The van der Waals surface area contributed by atoms with Crippen molar-refractivity contribution in [3.63, 3.8) is 0 Å². The van der Waals surface area contributed by atoms with Crippen LogP contribution in [0.5, 0.6) is 0 Å². The molecule has 37 heavy (non-hydrogen) atoms. The Morgan fingerprint density at radius 1 is 1.05 bits per heavy atom. The van der Waals surface area contributed by atoms with E-state index in [0.29, 0.717) is 47.8 Å². The van der Waals surface area contributed by atoms with Gasteiger partial charge in [-0.2, -0.15) is 0 Å². The van der Waals surface area contributed by atoms with E-state index in [1.165, 1.54) is 17.7 Å². The van der Waals surface area contributed by atoms with Crippen LogP contribution in [0.1, 0.15) is 41.9 Å². The fraction of sp³-hybridized carbons (Fsp3) is 0.333.